The summed E-state index contributed by atoms with van der Waals surface area (Å²) in [5.74, 6) is 0. The fraction of sp³-hybridized carbons (Fsp3) is 0.0968. The lowest BCUT2D eigenvalue weighted by Gasteiger charge is -2.35. The third-order valence-electron chi connectivity index (χ3n) is 6.24. The summed E-state index contributed by atoms with van der Waals surface area (Å²) in [5.41, 5.74) is 4.87. The third kappa shape index (κ3) is 6.31. The molecule has 5 aromatic rings. The maximum Gasteiger partial charge on any atom is 0.319 e. The molecule has 2 amide bonds. The van der Waals surface area contributed by atoms with Crippen LogP contribution >= 0.6 is 35.1 Å². The Morgan fingerprint density at radius 1 is 0.821 bits per heavy atom. The molecule has 0 radical (unpaired) electrons. The Kier molecular flexibility index (Phi) is 8.57. The molecule has 2 N–H and O–H groups in total. The number of nitrogens with one attached hydrogen (secondary N) is 2. The zero-order chi connectivity index (χ0) is 27.1. The average molecular weight is 574 g/mol. The minimum absolute atomic E-state index is 0.343. The topological polar surface area (TPSA) is 59.0 Å². The van der Waals surface area contributed by atoms with Crippen LogP contribution in [0.15, 0.2) is 122 Å². The van der Waals surface area contributed by atoms with Crippen LogP contribution < -0.4 is 10.6 Å². The fourth-order valence-corrected chi connectivity index (χ4v) is 6.19. The predicted octanol–water partition coefficient (Wildman–Crippen LogP) is 8.04. The van der Waals surface area contributed by atoms with E-state index in [1.807, 2.05) is 30.7 Å². The summed E-state index contributed by atoms with van der Waals surface area (Å²) in [6.07, 6.45) is 4.42. The number of benzene rings is 4. The molecule has 1 heterocycles. The molecule has 0 spiro atoms. The van der Waals surface area contributed by atoms with Crippen LogP contribution in [0.5, 0.6) is 0 Å². The van der Waals surface area contributed by atoms with Gasteiger partial charge in [-0.1, -0.05) is 114 Å². The van der Waals surface area contributed by atoms with Gasteiger partial charge in [0, 0.05) is 24.2 Å². The third-order valence-corrected chi connectivity index (χ3v) is 8.18. The van der Waals surface area contributed by atoms with E-state index in [0.29, 0.717) is 28.7 Å². The number of aromatic nitrogens is 2. The molecule has 0 fully saturated rings. The quantitative estimate of drug-likeness (QED) is 0.176. The van der Waals surface area contributed by atoms with E-state index < -0.39 is 4.75 Å². The smallest absolute Gasteiger partial charge is 0.319 e. The average Bonchev–Trinajstić information content (AvgIpc) is 3.41. The van der Waals surface area contributed by atoms with Crippen LogP contribution in [0.1, 0.15) is 22.4 Å². The molecule has 0 aliphatic rings. The van der Waals surface area contributed by atoms with Crippen molar-refractivity contribution in [2.75, 3.05) is 11.9 Å². The van der Waals surface area contributed by atoms with E-state index in [2.05, 4.69) is 92.4 Å². The number of urea groups is 1. The molecule has 4 aromatic carbocycles. The number of anilines is 1. The van der Waals surface area contributed by atoms with Crippen molar-refractivity contribution >= 4 is 46.9 Å². The number of imidazole rings is 1. The molecule has 0 unspecified atom stereocenters. The molecule has 0 aliphatic heterocycles. The van der Waals surface area contributed by atoms with Crippen molar-refractivity contribution in [3.63, 3.8) is 0 Å². The zero-order valence-electron chi connectivity index (χ0n) is 20.9. The fourth-order valence-electron chi connectivity index (χ4n) is 4.42. The Bertz CT molecular complexity index is 1430. The van der Waals surface area contributed by atoms with Crippen LogP contribution in [0.4, 0.5) is 10.5 Å². The van der Waals surface area contributed by atoms with Gasteiger partial charge in [-0.25, -0.2) is 9.78 Å². The van der Waals surface area contributed by atoms with Gasteiger partial charge in [0.25, 0.3) is 0 Å². The Hall–Kier alpha value is -3.71. The van der Waals surface area contributed by atoms with Crippen LogP contribution in [-0.4, -0.2) is 21.5 Å². The molecular formula is C31H26Cl2N4OS. The molecular weight excluding hydrogens is 547 g/mol. The van der Waals surface area contributed by atoms with E-state index in [4.69, 9.17) is 23.2 Å². The summed E-state index contributed by atoms with van der Waals surface area (Å²) >= 11 is 13.8. The number of carbonyl (C=O) groups excluding carboxylic acids is 1. The first kappa shape index (κ1) is 26.9. The molecule has 196 valence electrons. The van der Waals surface area contributed by atoms with E-state index in [1.165, 1.54) is 16.7 Å². The second-order valence-corrected chi connectivity index (χ2v) is 10.9. The van der Waals surface area contributed by atoms with Crippen molar-refractivity contribution in [1.29, 1.82) is 0 Å². The lowest BCUT2D eigenvalue weighted by atomic mass is 9.84. The second kappa shape index (κ2) is 12.4. The van der Waals surface area contributed by atoms with Gasteiger partial charge in [0.15, 0.2) is 0 Å². The first-order chi connectivity index (χ1) is 19.0. The van der Waals surface area contributed by atoms with Crippen LogP contribution in [0.2, 0.25) is 10.0 Å². The molecule has 39 heavy (non-hydrogen) atoms. The number of rotatable bonds is 9. The standard InChI is InChI=1S/C31H26Cl2N4OS/c32-26-16-17-29(28(33)20-26)36-30(38)34-19-18-27-21-37(22-35-27)39-31(23-10-4-1-5-11-23,24-12-6-2-7-13-24)25-14-8-3-9-15-25/h1-17,20-22H,18-19H2,(H2,34,36,38). The minimum atomic E-state index is -0.502. The van der Waals surface area contributed by atoms with Gasteiger partial charge < -0.3 is 10.6 Å². The van der Waals surface area contributed by atoms with Crippen molar-refractivity contribution in [3.05, 3.63) is 154 Å². The van der Waals surface area contributed by atoms with E-state index in [0.717, 1.165) is 5.69 Å². The lowest BCUT2D eigenvalue weighted by Crippen LogP contribution is -2.30. The van der Waals surface area contributed by atoms with Gasteiger partial charge in [-0.2, -0.15) is 0 Å². The molecule has 0 aliphatic carbocycles. The maximum absolute atomic E-state index is 12.4. The molecule has 0 atom stereocenters. The molecule has 0 bridgehead atoms. The predicted molar refractivity (Wildman–Crippen MR) is 162 cm³/mol. The molecule has 1 aromatic heterocycles. The molecule has 0 saturated carbocycles. The number of amides is 2. The number of halogens is 2. The summed E-state index contributed by atoms with van der Waals surface area (Å²) in [6, 6.07) is 36.1. The molecule has 5 rings (SSSR count). The van der Waals surface area contributed by atoms with Gasteiger partial charge in [-0.05, 0) is 46.8 Å². The van der Waals surface area contributed by atoms with Crippen LogP contribution in [-0.2, 0) is 11.2 Å². The van der Waals surface area contributed by atoms with Gasteiger partial charge in [0.05, 0.1) is 16.4 Å². The van der Waals surface area contributed by atoms with Crippen molar-refractivity contribution in [2.24, 2.45) is 0 Å². The van der Waals surface area contributed by atoms with Crippen LogP contribution in [0.3, 0.4) is 0 Å². The van der Waals surface area contributed by atoms with Crippen molar-refractivity contribution in [3.8, 4) is 0 Å². The monoisotopic (exact) mass is 572 g/mol. The summed E-state index contributed by atoms with van der Waals surface area (Å²) in [6.45, 7) is 0.417. The first-order valence-electron chi connectivity index (χ1n) is 12.4. The van der Waals surface area contributed by atoms with E-state index in [9.17, 15) is 4.79 Å². The Morgan fingerprint density at radius 3 is 1.92 bits per heavy atom. The van der Waals surface area contributed by atoms with E-state index in [1.54, 1.807) is 30.1 Å². The summed E-state index contributed by atoms with van der Waals surface area (Å²) in [5, 5.41) is 6.49. The van der Waals surface area contributed by atoms with Gasteiger partial charge in [0.2, 0.25) is 0 Å². The Balaban J connectivity index is 1.34. The van der Waals surface area contributed by atoms with Crippen molar-refractivity contribution in [2.45, 2.75) is 11.2 Å². The van der Waals surface area contributed by atoms with Gasteiger partial charge in [0.1, 0.15) is 11.1 Å². The molecule has 5 nitrogen and oxygen atoms in total. The van der Waals surface area contributed by atoms with Gasteiger partial charge >= 0.3 is 6.03 Å². The highest BCUT2D eigenvalue weighted by Gasteiger charge is 2.38. The minimum Gasteiger partial charge on any atom is -0.337 e. The van der Waals surface area contributed by atoms with E-state index >= 15 is 0 Å². The largest absolute Gasteiger partial charge is 0.337 e. The SMILES string of the molecule is O=C(NCCc1cn(SC(c2ccccc2)(c2ccccc2)c2ccccc2)cn1)Nc1ccc(Cl)cc1Cl. The van der Waals surface area contributed by atoms with E-state index in [-0.39, 0.29) is 6.03 Å². The number of hydrogen-bond donors (Lipinski definition) is 2. The molecule has 8 heteroatoms. The number of nitrogens with zero attached hydrogens (tertiary/aromatic N) is 2. The van der Waals surface area contributed by atoms with Gasteiger partial charge in [-0.15, -0.1) is 0 Å². The van der Waals surface area contributed by atoms with Crippen LogP contribution in [0, 0.1) is 0 Å². The Morgan fingerprint density at radius 2 is 1.38 bits per heavy atom. The van der Waals surface area contributed by atoms with Crippen molar-refractivity contribution < 1.29 is 4.79 Å². The molecule has 0 saturated heterocycles. The summed E-state index contributed by atoms with van der Waals surface area (Å²) in [4.78, 5) is 17.0. The van der Waals surface area contributed by atoms with Crippen LogP contribution in [0.25, 0.3) is 0 Å². The second-order valence-electron chi connectivity index (χ2n) is 8.85. The number of hydrogen-bond acceptors (Lipinski definition) is 3. The highest BCUT2D eigenvalue weighted by atomic mass is 35.5. The normalized spacial score (nSPS) is 11.2. The highest BCUT2D eigenvalue weighted by Crippen LogP contribution is 2.48. The van der Waals surface area contributed by atoms with Crippen molar-refractivity contribution in [1.82, 2.24) is 14.3 Å². The number of carbonyl (C=O) groups is 1. The first-order valence-corrected chi connectivity index (χ1v) is 14.0. The summed E-state index contributed by atoms with van der Waals surface area (Å²) < 4.78 is 1.55. The zero-order valence-corrected chi connectivity index (χ0v) is 23.3. The lowest BCUT2D eigenvalue weighted by molar-refractivity contribution is 0.252. The highest BCUT2D eigenvalue weighted by molar-refractivity contribution is 7.99. The maximum atomic E-state index is 12.4. The summed E-state index contributed by atoms with van der Waals surface area (Å²) in [7, 11) is 0. The Labute approximate surface area is 242 Å². The van der Waals surface area contributed by atoms with Gasteiger partial charge in [-0.3, -0.25) is 3.97 Å².